The highest BCUT2D eigenvalue weighted by Gasteiger charge is 2.46. The van der Waals surface area contributed by atoms with Crippen molar-refractivity contribution in [2.75, 3.05) is 7.11 Å². The molecule has 2 bridgehead atoms. The molecule has 1 aromatic carbocycles. The summed E-state index contributed by atoms with van der Waals surface area (Å²) in [5, 5.41) is 10.4. The van der Waals surface area contributed by atoms with Crippen LogP contribution in [-0.2, 0) is 0 Å². The average molecular weight is 260 g/mol. The molecule has 3 unspecified atom stereocenters. The number of benzene rings is 1. The highest BCUT2D eigenvalue weighted by molar-refractivity contribution is 5.92. The highest BCUT2D eigenvalue weighted by Crippen LogP contribution is 2.64. The third-order valence-electron chi connectivity index (χ3n) is 5.01. The molecule has 0 spiro atoms. The molecule has 4 heteroatoms. The van der Waals surface area contributed by atoms with Gasteiger partial charge in [-0.25, -0.2) is 0 Å². The van der Waals surface area contributed by atoms with Gasteiger partial charge in [-0.2, -0.15) is 0 Å². The molecule has 4 rings (SSSR count). The molecule has 1 aliphatic heterocycles. The van der Waals surface area contributed by atoms with Gasteiger partial charge in [0.15, 0.2) is 17.8 Å². The summed E-state index contributed by atoms with van der Waals surface area (Å²) in [4.78, 5) is 11.4. The molecule has 4 nitrogen and oxygen atoms in total. The van der Waals surface area contributed by atoms with E-state index in [4.69, 9.17) is 9.47 Å². The van der Waals surface area contributed by atoms with Gasteiger partial charge in [-0.15, -0.1) is 0 Å². The van der Waals surface area contributed by atoms with Crippen LogP contribution in [0.25, 0.3) is 0 Å². The fraction of sp³-hybridized carbons (Fsp3) is 0.533. The van der Waals surface area contributed by atoms with Crippen LogP contribution in [0.5, 0.6) is 23.0 Å². The summed E-state index contributed by atoms with van der Waals surface area (Å²) in [6.45, 7) is 0. The van der Waals surface area contributed by atoms with E-state index >= 15 is 0 Å². The largest absolute Gasteiger partial charge is 0.504 e. The second kappa shape index (κ2) is 3.65. The molecule has 100 valence electrons. The zero-order valence-corrected chi connectivity index (χ0v) is 10.8. The lowest BCUT2D eigenvalue weighted by Gasteiger charge is -2.23. The Balaban J connectivity index is 1.87. The topological polar surface area (TPSA) is 59.1 Å². The molecule has 2 aliphatic carbocycles. The SMILES string of the molecule is COc1c(O)c(C2CC3CCC2C3)c(C=O)c2c1O2. The molecule has 0 saturated heterocycles. The maximum absolute atomic E-state index is 11.4. The Bertz CT molecular complexity index is 578. The maximum atomic E-state index is 11.4. The number of fused-ring (bicyclic) bond motifs is 3. The number of methoxy groups -OCH3 is 1. The van der Waals surface area contributed by atoms with Gasteiger partial charge in [-0.05, 0) is 37.0 Å². The van der Waals surface area contributed by atoms with E-state index in [9.17, 15) is 9.90 Å². The molecular formula is C15H16O4. The van der Waals surface area contributed by atoms with Crippen molar-refractivity contribution in [1.82, 2.24) is 0 Å². The van der Waals surface area contributed by atoms with Gasteiger partial charge in [0, 0.05) is 5.56 Å². The molecule has 1 aromatic rings. The average Bonchev–Trinajstić information content (AvgIpc) is 2.91. The van der Waals surface area contributed by atoms with Crippen LogP contribution < -0.4 is 9.47 Å². The van der Waals surface area contributed by atoms with Crippen molar-refractivity contribution < 1.29 is 19.4 Å². The van der Waals surface area contributed by atoms with Crippen LogP contribution in [0.4, 0.5) is 0 Å². The third-order valence-corrected chi connectivity index (χ3v) is 5.01. The second-order valence-electron chi connectivity index (χ2n) is 5.87. The van der Waals surface area contributed by atoms with Crippen LogP contribution in [-0.4, -0.2) is 18.5 Å². The summed E-state index contributed by atoms with van der Waals surface area (Å²) in [5.41, 5.74) is 1.29. The van der Waals surface area contributed by atoms with Crippen molar-refractivity contribution in [2.45, 2.75) is 31.6 Å². The molecule has 1 N–H and O–H groups in total. The number of aldehydes is 1. The molecule has 3 atom stereocenters. The number of hydrogen-bond acceptors (Lipinski definition) is 4. The van der Waals surface area contributed by atoms with Gasteiger partial charge in [0.2, 0.25) is 11.5 Å². The lowest BCUT2D eigenvalue weighted by Crippen LogP contribution is -2.10. The number of phenols is 1. The normalized spacial score (nSPS) is 29.8. The van der Waals surface area contributed by atoms with Crippen molar-refractivity contribution in [1.29, 1.82) is 0 Å². The van der Waals surface area contributed by atoms with Crippen molar-refractivity contribution in [3.05, 3.63) is 11.1 Å². The first-order valence-electron chi connectivity index (χ1n) is 6.84. The number of aromatic hydroxyl groups is 1. The fourth-order valence-electron chi connectivity index (χ4n) is 4.16. The Morgan fingerprint density at radius 3 is 2.74 bits per heavy atom. The molecule has 19 heavy (non-hydrogen) atoms. The van der Waals surface area contributed by atoms with Gasteiger partial charge in [-0.3, -0.25) is 4.79 Å². The summed E-state index contributed by atoms with van der Waals surface area (Å²) in [5.74, 6) is 3.25. The Kier molecular flexibility index (Phi) is 2.14. The van der Waals surface area contributed by atoms with Gasteiger partial charge < -0.3 is 14.6 Å². The minimum atomic E-state index is 0.110. The molecule has 2 saturated carbocycles. The van der Waals surface area contributed by atoms with E-state index in [2.05, 4.69) is 0 Å². The van der Waals surface area contributed by atoms with Gasteiger partial charge in [0.25, 0.3) is 0 Å². The molecular weight excluding hydrogens is 244 g/mol. The second-order valence-corrected chi connectivity index (χ2v) is 5.87. The number of phenolic OH excluding ortho intramolecular Hbond substituents is 1. The highest BCUT2D eigenvalue weighted by atomic mass is 16.6. The van der Waals surface area contributed by atoms with Gasteiger partial charge in [0.1, 0.15) is 0 Å². The molecule has 0 radical (unpaired) electrons. The van der Waals surface area contributed by atoms with E-state index in [1.165, 1.54) is 26.4 Å². The first-order chi connectivity index (χ1) is 9.24. The van der Waals surface area contributed by atoms with E-state index in [-0.39, 0.29) is 11.7 Å². The number of carbonyl (C=O) groups excluding carboxylic acids is 1. The van der Waals surface area contributed by atoms with Crippen molar-refractivity contribution in [3.8, 4) is 23.0 Å². The van der Waals surface area contributed by atoms with E-state index in [1.807, 2.05) is 0 Å². The van der Waals surface area contributed by atoms with E-state index in [0.29, 0.717) is 28.7 Å². The van der Waals surface area contributed by atoms with Crippen LogP contribution in [0, 0.1) is 11.8 Å². The van der Waals surface area contributed by atoms with Crippen LogP contribution in [0.2, 0.25) is 0 Å². The van der Waals surface area contributed by atoms with Crippen molar-refractivity contribution in [2.24, 2.45) is 11.8 Å². The van der Waals surface area contributed by atoms with Gasteiger partial charge in [-0.1, -0.05) is 6.42 Å². The Hall–Kier alpha value is -1.71. The zero-order chi connectivity index (χ0) is 13.1. The smallest absolute Gasteiger partial charge is 0.216 e. The summed E-state index contributed by atoms with van der Waals surface area (Å²) in [6, 6.07) is 0. The number of carbonyl (C=O) groups is 1. The molecule has 0 amide bonds. The van der Waals surface area contributed by atoms with E-state index in [0.717, 1.165) is 24.2 Å². The first-order valence-corrected chi connectivity index (χ1v) is 6.84. The minimum absolute atomic E-state index is 0.110. The van der Waals surface area contributed by atoms with Crippen molar-refractivity contribution >= 4 is 6.29 Å². The van der Waals surface area contributed by atoms with Crippen LogP contribution in [0.15, 0.2) is 0 Å². The maximum Gasteiger partial charge on any atom is 0.216 e. The number of hydrogen-bond donors (Lipinski definition) is 1. The molecule has 2 fully saturated rings. The standard InChI is InChI=1S/C15H16O4/c1-18-14-12(17)11(10(6-16)13-15(14)19-13)9-5-7-2-3-8(9)4-7/h6-9,17H,2-5H2,1H3. The first kappa shape index (κ1) is 11.1. The van der Waals surface area contributed by atoms with Crippen LogP contribution in [0.1, 0.15) is 47.5 Å². The van der Waals surface area contributed by atoms with E-state index < -0.39 is 0 Å². The van der Waals surface area contributed by atoms with Crippen molar-refractivity contribution in [3.63, 3.8) is 0 Å². The summed E-state index contributed by atoms with van der Waals surface area (Å²) in [6.07, 6.45) is 5.60. The van der Waals surface area contributed by atoms with E-state index in [1.54, 1.807) is 0 Å². The number of ether oxygens (including phenoxy) is 2. The summed E-state index contributed by atoms with van der Waals surface area (Å²) >= 11 is 0. The minimum Gasteiger partial charge on any atom is -0.504 e. The molecule has 1 heterocycles. The Morgan fingerprint density at radius 2 is 2.16 bits per heavy atom. The zero-order valence-electron chi connectivity index (χ0n) is 10.8. The lowest BCUT2D eigenvalue weighted by molar-refractivity contribution is 0.112. The fourth-order valence-corrected chi connectivity index (χ4v) is 4.16. The lowest BCUT2D eigenvalue weighted by atomic mass is 9.81. The summed E-state index contributed by atoms with van der Waals surface area (Å²) < 4.78 is 10.5. The van der Waals surface area contributed by atoms with Crippen LogP contribution in [0.3, 0.4) is 0 Å². The Morgan fingerprint density at radius 1 is 1.32 bits per heavy atom. The number of rotatable bonds is 3. The molecule has 3 aliphatic rings. The summed E-state index contributed by atoms with van der Waals surface area (Å²) in [7, 11) is 1.52. The Labute approximate surface area is 111 Å². The monoisotopic (exact) mass is 260 g/mol. The van der Waals surface area contributed by atoms with Gasteiger partial charge in [0.05, 0.1) is 12.7 Å². The molecule has 0 aromatic heterocycles. The predicted octanol–water partition coefficient (Wildman–Crippen LogP) is 3.22. The predicted molar refractivity (Wildman–Crippen MR) is 68.3 cm³/mol. The quantitative estimate of drug-likeness (QED) is 0.680. The van der Waals surface area contributed by atoms with Gasteiger partial charge >= 0.3 is 0 Å². The van der Waals surface area contributed by atoms with Crippen LogP contribution >= 0.6 is 0 Å². The third kappa shape index (κ3) is 1.37.